The highest BCUT2D eigenvalue weighted by Crippen LogP contribution is 2.43. The van der Waals surface area contributed by atoms with E-state index in [1.54, 1.807) is 0 Å². The zero-order valence-corrected chi connectivity index (χ0v) is 29.1. The van der Waals surface area contributed by atoms with E-state index in [1.807, 2.05) is 0 Å². The van der Waals surface area contributed by atoms with Crippen LogP contribution in [0.1, 0.15) is 22.3 Å². The Morgan fingerprint density at radius 3 is 1.14 bits per heavy atom. The minimum absolute atomic E-state index is 1.14. The van der Waals surface area contributed by atoms with Crippen molar-refractivity contribution < 1.29 is 0 Å². The van der Waals surface area contributed by atoms with Crippen LogP contribution < -0.4 is 9.80 Å². The molecule has 0 N–H and O–H groups in total. The zero-order valence-electron chi connectivity index (χ0n) is 29.1. The standard InChI is InChI=1S/C48H40N2/c1-33-21-25-43-39(29-33)13-11-19-47(43)49(41-15-7-5-8-16-41)45-27-23-37(31-35(45)3)38-24-28-46(36(4)32-38)50(42-17-9-6-10-18-42)48-20-12-14-40-30-34(2)22-26-44(40)48/h5-32H,1-4H3. The first-order chi connectivity index (χ1) is 24.4. The van der Waals surface area contributed by atoms with E-state index in [1.165, 1.54) is 77.7 Å². The van der Waals surface area contributed by atoms with Crippen molar-refractivity contribution in [1.29, 1.82) is 0 Å². The molecule has 242 valence electrons. The minimum Gasteiger partial charge on any atom is -0.310 e. The summed E-state index contributed by atoms with van der Waals surface area (Å²) in [7, 11) is 0. The zero-order chi connectivity index (χ0) is 34.2. The van der Waals surface area contributed by atoms with E-state index in [0.717, 1.165) is 11.4 Å². The topological polar surface area (TPSA) is 6.48 Å². The molecule has 0 aromatic heterocycles. The Morgan fingerprint density at radius 1 is 0.320 bits per heavy atom. The minimum atomic E-state index is 1.14. The van der Waals surface area contributed by atoms with Crippen molar-refractivity contribution in [1.82, 2.24) is 0 Å². The fourth-order valence-corrected chi connectivity index (χ4v) is 7.30. The number of benzene rings is 8. The predicted molar refractivity (Wildman–Crippen MR) is 215 cm³/mol. The second-order valence-corrected chi connectivity index (χ2v) is 13.3. The van der Waals surface area contributed by atoms with Crippen molar-refractivity contribution in [2.24, 2.45) is 0 Å². The highest BCUT2D eigenvalue weighted by molar-refractivity contribution is 6.01. The number of hydrogen-bond acceptors (Lipinski definition) is 2. The van der Waals surface area contributed by atoms with Gasteiger partial charge in [-0.05, 0) is 121 Å². The Balaban J connectivity index is 1.21. The van der Waals surface area contributed by atoms with Gasteiger partial charge < -0.3 is 9.80 Å². The van der Waals surface area contributed by atoms with Crippen molar-refractivity contribution in [2.75, 3.05) is 9.80 Å². The van der Waals surface area contributed by atoms with Gasteiger partial charge in [-0.3, -0.25) is 0 Å². The summed E-state index contributed by atoms with van der Waals surface area (Å²) in [6.07, 6.45) is 0. The molecule has 0 aliphatic carbocycles. The van der Waals surface area contributed by atoms with Crippen LogP contribution in [0.5, 0.6) is 0 Å². The number of nitrogens with zero attached hydrogens (tertiary/aromatic N) is 2. The molecule has 50 heavy (non-hydrogen) atoms. The molecule has 8 rings (SSSR count). The second kappa shape index (κ2) is 13.1. The van der Waals surface area contributed by atoms with Crippen LogP contribution in [0, 0.1) is 27.7 Å². The monoisotopic (exact) mass is 644 g/mol. The lowest BCUT2D eigenvalue weighted by Gasteiger charge is -2.29. The molecule has 0 aliphatic heterocycles. The summed E-state index contributed by atoms with van der Waals surface area (Å²) in [5, 5.41) is 4.97. The Kier molecular flexibility index (Phi) is 8.14. The van der Waals surface area contributed by atoms with Crippen LogP contribution in [0.15, 0.2) is 170 Å². The van der Waals surface area contributed by atoms with Crippen LogP contribution in [0.2, 0.25) is 0 Å². The maximum Gasteiger partial charge on any atom is 0.0540 e. The van der Waals surface area contributed by atoms with Gasteiger partial charge >= 0.3 is 0 Å². The van der Waals surface area contributed by atoms with Gasteiger partial charge in [0.1, 0.15) is 0 Å². The average Bonchev–Trinajstić information content (AvgIpc) is 3.14. The first-order valence-corrected chi connectivity index (χ1v) is 17.4. The highest BCUT2D eigenvalue weighted by Gasteiger charge is 2.20. The summed E-state index contributed by atoms with van der Waals surface area (Å²) in [4.78, 5) is 4.79. The molecular weight excluding hydrogens is 605 g/mol. The van der Waals surface area contributed by atoms with Crippen molar-refractivity contribution in [3.63, 3.8) is 0 Å². The number of fused-ring (bicyclic) bond motifs is 2. The fraction of sp³-hybridized carbons (Fsp3) is 0.0833. The van der Waals surface area contributed by atoms with E-state index in [9.17, 15) is 0 Å². The number of aryl methyl sites for hydroxylation is 4. The molecule has 2 heteroatoms. The Morgan fingerprint density at radius 2 is 0.740 bits per heavy atom. The third-order valence-electron chi connectivity index (χ3n) is 9.75. The predicted octanol–water partition coefficient (Wildman–Crippen LogP) is 13.8. The van der Waals surface area contributed by atoms with Gasteiger partial charge in [-0.15, -0.1) is 0 Å². The second-order valence-electron chi connectivity index (χ2n) is 13.3. The Bertz CT molecular complexity index is 2300. The molecule has 0 saturated heterocycles. The van der Waals surface area contributed by atoms with Gasteiger partial charge in [-0.1, -0.05) is 120 Å². The molecule has 0 saturated carbocycles. The maximum atomic E-state index is 2.40. The van der Waals surface area contributed by atoms with Crippen molar-refractivity contribution in [2.45, 2.75) is 27.7 Å². The van der Waals surface area contributed by atoms with Gasteiger partial charge in [0.05, 0.1) is 11.4 Å². The van der Waals surface area contributed by atoms with Crippen LogP contribution in [0.4, 0.5) is 34.1 Å². The van der Waals surface area contributed by atoms with Gasteiger partial charge in [0.15, 0.2) is 0 Å². The summed E-state index contributed by atoms with van der Waals surface area (Å²) < 4.78 is 0. The van der Waals surface area contributed by atoms with Crippen LogP contribution in [0.25, 0.3) is 32.7 Å². The lowest BCUT2D eigenvalue weighted by atomic mass is 9.97. The molecule has 0 radical (unpaired) electrons. The number of para-hydroxylation sites is 2. The molecule has 0 spiro atoms. The summed E-state index contributed by atoms with van der Waals surface area (Å²) >= 11 is 0. The van der Waals surface area contributed by atoms with Gasteiger partial charge in [-0.2, -0.15) is 0 Å². The number of anilines is 6. The number of hydrogen-bond donors (Lipinski definition) is 0. The van der Waals surface area contributed by atoms with E-state index in [2.05, 4.69) is 207 Å². The summed E-state index contributed by atoms with van der Waals surface area (Å²) in [5.74, 6) is 0. The largest absolute Gasteiger partial charge is 0.310 e. The van der Waals surface area contributed by atoms with E-state index in [4.69, 9.17) is 0 Å². The van der Waals surface area contributed by atoms with Crippen molar-refractivity contribution in [3.05, 3.63) is 192 Å². The van der Waals surface area contributed by atoms with E-state index in [0.29, 0.717) is 0 Å². The van der Waals surface area contributed by atoms with Crippen molar-refractivity contribution in [3.8, 4) is 11.1 Å². The van der Waals surface area contributed by atoms with Gasteiger partial charge in [-0.25, -0.2) is 0 Å². The highest BCUT2D eigenvalue weighted by atomic mass is 15.2. The van der Waals surface area contributed by atoms with Crippen LogP contribution in [-0.2, 0) is 0 Å². The van der Waals surface area contributed by atoms with E-state index < -0.39 is 0 Å². The van der Waals surface area contributed by atoms with E-state index >= 15 is 0 Å². The molecule has 0 aliphatic rings. The van der Waals surface area contributed by atoms with Gasteiger partial charge in [0, 0.05) is 33.5 Å². The summed E-state index contributed by atoms with van der Waals surface area (Å²) in [6, 6.07) is 61.8. The lowest BCUT2D eigenvalue weighted by Crippen LogP contribution is -2.12. The third-order valence-corrected chi connectivity index (χ3v) is 9.75. The molecule has 0 unspecified atom stereocenters. The molecular formula is C48H40N2. The normalized spacial score (nSPS) is 11.2. The molecule has 8 aromatic carbocycles. The third kappa shape index (κ3) is 5.80. The molecule has 2 nitrogen and oxygen atoms in total. The van der Waals surface area contributed by atoms with Crippen LogP contribution >= 0.6 is 0 Å². The first-order valence-electron chi connectivity index (χ1n) is 17.4. The molecule has 0 bridgehead atoms. The number of rotatable bonds is 7. The molecule has 0 fully saturated rings. The molecule has 0 amide bonds. The van der Waals surface area contributed by atoms with Gasteiger partial charge in [0.2, 0.25) is 0 Å². The molecule has 0 heterocycles. The first kappa shape index (κ1) is 31.2. The lowest BCUT2D eigenvalue weighted by molar-refractivity contribution is 1.25. The van der Waals surface area contributed by atoms with Crippen LogP contribution in [0.3, 0.4) is 0 Å². The quantitative estimate of drug-likeness (QED) is 0.170. The van der Waals surface area contributed by atoms with Crippen molar-refractivity contribution >= 4 is 55.7 Å². The Labute approximate surface area is 295 Å². The molecule has 0 atom stereocenters. The van der Waals surface area contributed by atoms with Gasteiger partial charge in [0.25, 0.3) is 0 Å². The van der Waals surface area contributed by atoms with E-state index in [-0.39, 0.29) is 0 Å². The smallest absolute Gasteiger partial charge is 0.0540 e. The Hall–Kier alpha value is -6.12. The fourth-order valence-electron chi connectivity index (χ4n) is 7.30. The van der Waals surface area contributed by atoms with Crippen LogP contribution in [-0.4, -0.2) is 0 Å². The SMILES string of the molecule is Cc1ccc2c(N(c3ccccc3)c3ccc(-c4ccc(N(c5ccccc5)c5cccc6cc(C)ccc56)c(C)c4)cc3C)cccc2c1. The molecule has 8 aromatic rings. The average molecular weight is 645 g/mol. The summed E-state index contributed by atoms with van der Waals surface area (Å²) in [6.45, 7) is 8.76. The summed E-state index contributed by atoms with van der Waals surface area (Å²) in [5.41, 5.74) is 14.3. The maximum absolute atomic E-state index is 2.40.